The van der Waals surface area contributed by atoms with Crippen molar-refractivity contribution in [3.8, 4) is 5.75 Å². The quantitative estimate of drug-likeness (QED) is 0.659. The number of methoxy groups -OCH3 is 1. The number of carbonyl (C=O) groups is 2. The highest BCUT2D eigenvalue weighted by atomic mass is 16.5. The molecule has 3 rings (SSSR count). The van der Waals surface area contributed by atoms with Crippen LogP contribution in [0.4, 0.5) is 5.69 Å². The molecule has 1 aliphatic rings. The normalized spacial score (nSPS) is 15.4. The number of rotatable bonds is 9. The molecule has 1 aliphatic heterocycles. The molecule has 2 N–H and O–H groups in total. The molecule has 0 spiro atoms. The van der Waals surface area contributed by atoms with Gasteiger partial charge in [-0.3, -0.25) is 14.5 Å². The summed E-state index contributed by atoms with van der Waals surface area (Å²) in [5.41, 5.74) is 2.04. The second kappa shape index (κ2) is 10.6. The first-order valence-electron chi connectivity index (χ1n) is 10.2. The highest BCUT2D eigenvalue weighted by Gasteiger charge is 2.27. The number of para-hydroxylation sites is 2. The van der Waals surface area contributed by atoms with Crippen LogP contribution in [-0.4, -0.2) is 61.7 Å². The van der Waals surface area contributed by atoms with Gasteiger partial charge >= 0.3 is 5.97 Å². The van der Waals surface area contributed by atoms with Crippen molar-refractivity contribution in [2.75, 3.05) is 44.7 Å². The van der Waals surface area contributed by atoms with Crippen LogP contribution in [-0.2, 0) is 16.1 Å². The predicted molar refractivity (Wildman–Crippen MR) is 116 cm³/mol. The minimum absolute atomic E-state index is 0.0190. The van der Waals surface area contributed by atoms with Crippen LogP contribution in [0.1, 0.15) is 12.0 Å². The lowest BCUT2D eigenvalue weighted by Gasteiger charge is -2.37. The van der Waals surface area contributed by atoms with Gasteiger partial charge in [0, 0.05) is 45.7 Å². The number of carboxylic acids is 1. The van der Waals surface area contributed by atoms with E-state index in [4.69, 9.17) is 4.74 Å². The summed E-state index contributed by atoms with van der Waals surface area (Å²) in [6.07, 6.45) is -0.0190. The highest BCUT2D eigenvalue weighted by molar-refractivity contribution is 5.82. The predicted octanol–water partition coefficient (Wildman–Crippen LogP) is 2.22. The molecule has 1 unspecified atom stereocenters. The Morgan fingerprint density at radius 1 is 1.03 bits per heavy atom. The summed E-state index contributed by atoms with van der Waals surface area (Å²) in [6.45, 7) is 3.83. The molecule has 160 valence electrons. The molecule has 0 saturated carbocycles. The van der Waals surface area contributed by atoms with Gasteiger partial charge in [-0.05, 0) is 17.7 Å². The second-order valence-electron chi connectivity index (χ2n) is 7.46. The molecule has 7 heteroatoms. The maximum Gasteiger partial charge on any atom is 0.308 e. The van der Waals surface area contributed by atoms with Crippen molar-refractivity contribution in [1.29, 1.82) is 0 Å². The fourth-order valence-corrected chi connectivity index (χ4v) is 3.70. The molecule has 0 radical (unpaired) electrons. The minimum atomic E-state index is -0.933. The third-order valence-electron chi connectivity index (χ3n) is 5.39. The zero-order valence-corrected chi connectivity index (χ0v) is 17.3. The number of amides is 1. The van der Waals surface area contributed by atoms with Crippen LogP contribution in [0.3, 0.4) is 0 Å². The fourth-order valence-electron chi connectivity index (χ4n) is 3.70. The van der Waals surface area contributed by atoms with Crippen LogP contribution in [0.5, 0.6) is 5.75 Å². The Bertz CT molecular complexity index is 835. The lowest BCUT2D eigenvalue weighted by Crippen LogP contribution is -2.49. The molecule has 0 bridgehead atoms. The Morgan fingerprint density at radius 3 is 2.37 bits per heavy atom. The summed E-state index contributed by atoms with van der Waals surface area (Å²) in [5, 5.41) is 12.4. The van der Waals surface area contributed by atoms with Gasteiger partial charge in [-0.2, -0.15) is 0 Å². The molecule has 2 aromatic carbocycles. The molecule has 2 aromatic rings. The molecular formula is C23H29N3O4. The number of piperazine rings is 1. The van der Waals surface area contributed by atoms with E-state index >= 15 is 0 Å². The van der Waals surface area contributed by atoms with Gasteiger partial charge in [-0.15, -0.1) is 0 Å². The zero-order chi connectivity index (χ0) is 21.3. The van der Waals surface area contributed by atoms with E-state index in [1.54, 1.807) is 7.11 Å². The minimum Gasteiger partial charge on any atom is -0.495 e. The third-order valence-corrected chi connectivity index (χ3v) is 5.39. The molecule has 1 atom stereocenters. The number of benzene rings is 2. The van der Waals surface area contributed by atoms with Crippen molar-refractivity contribution in [3.63, 3.8) is 0 Å². The highest BCUT2D eigenvalue weighted by Crippen LogP contribution is 2.28. The van der Waals surface area contributed by atoms with E-state index in [0.29, 0.717) is 13.1 Å². The maximum atomic E-state index is 12.3. The summed E-state index contributed by atoms with van der Waals surface area (Å²) in [5.74, 6) is -1.06. The van der Waals surface area contributed by atoms with Crippen molar-refractivity contribution < 1.29 is 19.4 Å². The Hall–Kier alpha value is -3.06. The lowest BCUT2D eigenvalue weighted by molar-refractivity contribution is -0.144. The number of hydrogen-bond acceptors (Lipinski definition) is 5. The number of nitrogens with one attached hydrogen (secondary N) is 1. The van der Waals surface area contributed by atoms with Crippen molar-refractivity contribution in [1.82, 2.24) is 10.2 Å². The van der Waals surface area contributed by atoms with E-state index in [1.807, 2.05) is 54.6 Å². The van der Waals surface area contributed by atoms with Gasteiger partial charge < -0.3 is 20.1 Å². The van der Waals surface area contributed by atoms with Gasteiger partial charge in [0.15, 0.2) is 0 Å². The second-order valence-corrected chi connectivity index (χ2v) is 7.46. The topological polar surface area (TPSA) is 82.1 Å². The van der Waals surface area contributed by atoms with Crippen molar-refractivity contribution in [2.45, 2.75) is 13.0 Å². The first-order chi connectivity index (χ1) is 14.6. The van der Waals surface area contributed by atoms with Gasteiger partial charge in [-0.25, -0.2) is 0 Å². The number of nitrogens with zero attached hydrogens (tertiary/aromatic N) is 2. The fraction of sp³-hybridized carbons (Fsp3) is 0.391. The summed E-state index contributed by atoms with van der Waals surface area (Å²) >= 11 is 0. The Balaban J connectivity index is 1.48. The van der Waals surface area contributed by atoms with Crippen molar-refractivity contribution >= 4 is 17.6 Å². The smallest absolute Gasteiger partial charge is 0.308 e. The molecule has 1 fully saturated rings. The largest absolute Gasteiger partial charge is 0.495 e. The van der Waals surface area contributed by atoms with E-state index in [0.717, 1.165) is 43.2 Å². The summed E-state index contributed by atoms with van der Waals surface area (Å²) in [4.78, 5) is 28.4. The number of anilines is 1. The number of carboxylic acid groups (broad SMARTS) is 1. The Labute approximate surface area is 177 Å². The van der Waals surface area contributed by atoms with Gasteiger partial charge in [0.25, 0.3) is 0 Å². The van der Waals surface area contributed by atoms with Crippen molar-refractivity contribution in [2.24, 2.45) is 5.92 Å². The van der Waals surface area contributed by atoms with E-state index in [9.17, 15) is 14.7 Å². The van der Waals surface area contributed by atoms with E-state index in [1.165, 1.54) is 0 Å². The zero-order valence-electron chi connectivity index (χ0n) is 17.3. The molecule has 7 nitrogen and oxygen atoms in total. The van der Waals surface area contributed by atoms with Gasteiger partial charge in [0.1, 0.15) is 5.75 Å². The summed E-state index contributed by atoms with van der Waals surface area (Å²) in [7, 11) is 1.66. The van der Waals surface area contributed by atoms with Crippen LogP contribution in [0.2, 0.25) is 0 Å². The van der Waals surface area contributed by atoms with Gasteiger partial charge in [0.2, 0.25) is 5.91 Å². The van der Waals surface area contributed by atoms with Crippen LogP contribution < -0.4 is 15.0 Å². The number of ether oxygens (including phenoxy) is 1. The molecule has 1 saturated heterocycles. The van der Waals surface area contributed by atoms with E-state index < -0.39 is 11.9 Å². The average Bonchev–Trinajstić information content (AvgIpc) is 2.78. The molecule has 30 heavy (non-hydrogen) atoms. The molecule has 0 aromatic heterocycles. The summed E-state index contributed by atoms with van der Waals surface area (Å²) < 4.78 is 5.44. The van der Waals surface area contributed by atoms with Crippen LogP contribution >= 0.6 is 0 Å². The van der Waals surface area contributed by atoms with Gasteiger partial charge in [0.05, 0.1) is 18.7 Å². The van der Waals surface area contributed by atoms with Crippen molar-refractivity contribution in [3.05, 3.63) is 60.2 Å². The van der Waals surface area contributed by atoms with Crippen LogP contribution in [0.25, 0.3) is 0 Å². The standard InChI is InChI=1S/C23H29N3O4/c1-30-21-10-6-5-9-20(21)26-13-11-25(12-14-26)17-19(23(28)29)15-22(27)24-16-18-7-3-2-4-8-18/h2-10,19H,11-17H2,1H3,(H,24,27)(H,28,29). The SMILES string of the molecule is COc1ccccc1N1CCN(CC(CC(=O)NCc2ccccc2)C(=O)O)CC1. The Morgan fingerprint density at radius 2 is 1.70 bits per heavy atom. The molecule has 1 amide bonds. The van der Waals surface area contributed by atoms with Gasteiger partial charge in [-0.1, -0.05) is 42.5 Å². The number of hydrogen-bond donors (Lipinski definition) is 2. The third kappa shape index (κ3) is 5.97. The van der Waals surface area contributed by atoms with Crippen LogP contribution in [0.15, 0.2) is 54.6 Å². The maximum absolute atomic E-state index is 12.3. The van der Waals surface area contributed by atoms with E-state index in [2.05, 4.69) is 15.1 Å². The lowest BCUT2D eigenvalue weighted by atomic mass is 10.0. The van der Waals surface area contributed by atoms with Crippen LogP contribution in [0, 0.1) is 5.92 Å². The Kier molecular flexibility index (Phi) is 7.68. The average molecular weight is 412 g/mol. The number of aliphatic carboxylic acids is 1. The molecular weight excluding hydrogens is 382 g/mol. The summed E-state index contributed by atoms with van der Waals surface area (Å²) in [6, 6.07) is 17.5. The van der Waals surface area contributed by atoms with E-state index in [-0.39, 0.29) is 12.3 Å². The first-order valence-corrected chi connectivity index (χ1v) is 10.2. The number of carbonyl (C=O) groups excluding carboxylic acids is 1. The molecule has 1 heterocycles. The molecule has 0 aliphatic carbocycles. The monoisotopic (exact) mass is 411 g/mol. The first kappa shape index (κ1) is 21.6.